The van der Waals surface area contributed by atoms with Gasteiger partial charge in [0, 0.05) is 40.1 Å². The first-order valence-electron chi connectivity index (χ1n) is 9.34. The van der Waals surface area contributed by atoms with Gasteiger partial charge in [0.25, 0.3) is 0 Å². The Morgan fingerprint density at radius 1 is 1.00 bits per heavy atom. The first kappa shape index (κ1) is 25.4. The minimum atomic E-state index is -4.34. The number of benzene rings is 2. The Bertz CT molecular complexity index is 1040. The predicted octanol–water partition coefficient (Wildman–Crippen LogP) is 8.09. The molecule has 2 atom stereocenters. The van der Waals surface area contributed by atoms with Gasteiger partial charge in [-0.05, 0) is 48.4 Å². The maximum absolute atomic E-state index is 12.8. The van der Waals surface area contributed by atoms with E-state index in [1.807, 2.05) is 0 Å². The first-order chi connectivity index (χ1) is 14.8. The number of carbonyl (C=O) groups is 2. The molecule has 0 radical (unpaired) electrons. The summed E-state index contributed by atoms with van der Waals surface area (Å²) in [5.41, 5.74) is 0.852. The number of halogens is 8. The molecule has 1 fully saturated rings. The summed E-state index contributed by atoms with van der Waals surface area (Å²) in [6, 6.07) is 8.92. The number of ketones is 1. The second-order valence-electron chi connectivity index (χ2n) is 7.41. The highest BCUT2D eigenvalue weighted by atomic mass is 35.5. The van der Waals surface area contributed by atoms with E-state index in [9.17, 15) is 22.8 Å². The lowest BCUT2D eigenvalue weighted by Gasteiger charge is -2.10. The zero-order chi connectivity index (χ0) is 23.8. The largest absolute Gasteiger partial charge is 0.389 e. The van der Waals surface area contributed by atoms with Gasteiger partial charge in [-0.2, -0.15) is 13.2 Å². The fourth-order valence-electron chi connectivity index (χ4n) is 3.44. The average molecular weight is 548 g/mol. The van der Waals surface area contributed by atoms with Crippen molar-refractivity contribution in [3.05, 3.63) is 62.6 Å². The molecule has 0 aromatic heterocycles. The number of alkyl halides is 5. The molecule has 1 aliphatic rings. The number of carbonyl (C=O) groups excluding carboxylic acids is 2. The van der Waals surface area contributed by atoms with Crippen LogP contribution in [0.1, 0.15) is 41.1 Å². The van der Waals surface area contributed by atoms with Crippen molar-refractivity contribution < 1.29 is 22.8 Å². The summed E-state index contributed by atoms with van der Waals surface area (Å²) in [5.74, 6) is -2.44. The Hall–Kier alpha value is -1.18. The van der Waals surface area contributed by atoms with Crippen LogP contribution in [0, 0.1) is 5.92 Å². The van der Waals surface area contributed by atoms with Gasteiger partial charge in [0.05, 0.1) is 10.9 Å². The Balaban J connectivity index is 1.71. The van der Waals surface area contributed by atoms with E-state index in [1.54, 1.807) is 12.1 Å². The van der Waals surface area contributed by atoms with E-state index >= 15 is 0 Å². The van der Waals surface area contributed by atoms with Gasteiger partial charge in [0.1, 0.15) is 4.33 Å². The Morgan fingerprint density at radius 2 is 1.62 bits per heavy atom. The monoisotopic (exact) mass is 545 g/mol. The summed E-state index contributed by atoms with van der Waals surface area (Å²) in [4.78, 5) is 25.1. The minimum absolute atomic E-state index is 0.0172. The summed E-state index contributed by atoms with van der Waals surface area (Å²) in [5, 5.41) is 3.44. The van der Waals surface area contributed by atoms with Crippen LogP contribution in [0.3, 0.4) is 0 Å². The van der Waals surface area contributed by atoms with Crippen molar-refractivity contribution in [3.8, 4) is 0 Å². The maximum Gasteiger partial charge on any atom is 0.389 e. The number of hydrogen-bond acceptors (Lipinski definition) is 2. The molecule has 0 saturated heterocycles. The molecule has 172 valence electrons. The minimum Gasteiger partial charge on any atom is -0.326 e. The summed E-state index contributed by atoms with van der Waals surface area (Å²) >= 11 is 30.7. The summed E-state index contributed by atoms with van der Waals surface area (Å²) in [6.45, 7) is 0. The van der Waals surface area contributed by atoms with E-state index in [2.05, 4.69) is 5.32 Å². The molecule has 1 N–H and O–H groups in total. The number of amides is 1. The molecule has 1 aliphatic carbocycles. The van der Waals surface area contributed by atoms with Crippen LogP contribution in [0.4, 0.5) is 18.9 Å². The second-order valence-corrected chi connectivity index (χ2v) is 10.1. The predicted molar refractivity (Wildman–Crippen MR) is 121 cm³/mol. The number of anilines is 1. The van der Waals surface area contributed by atoms with Crippen LogP contribution in [0.2, 0.25) is 15.1 Å². The van der Waals surface area contributed by atoms with E-state index in [-0.39, 0.29) is 29.1 Å². The molecule has 1 amide bonds. The highest BCUT2D eigenvalue weighted by Gasteiger charge is 2.67. The van der Waals surface area contributed by atoms with Gasteiger partial charge in [-0.3, -0.25) is 9.59 Å². The lowest BCUT2D eigenvalue weighted by atomic mass is 10.0. The fraction of sp³-hybridized carbons (Fsp3) is 0.333. The molecular formula is C21H15Cl5F3NO2. The van der Waals surface area contributed by atoms with Crippen molar-refractivity contribution in [1.29, 1.82) is 0 Å². The third kappa shape index (κ3) is 6.03. The van der Waals surface area contributed by atoms with Crippen molar-refractivity contribution in [1.82, 2.24) is 0 Å². The second kappa shape index (κ2) is 9.59. The Morgan fingerprint density at radius 3 is 2.22 bits per heavy atom. The highest BCUT2D eigenvalue weighted by Crippen LogP contribution is 2.65. The van der Waals surface area contributed by atoms with Crippen LogP contribution in [0.5, 0.6) is 0 Å². The molecule has 2 unspecified atom stereocenters. The standard InChI is InChI=1S/C21H15Cl5F3NO2/c22-11-6-10(7-12(23)8-11)17-18(21(17,25)26)19(32)30-13-3-4-15(24)14(9-13)16(31)2-1-5-20(27,28)29/h3-4,6-9,17-18H,1-2,5H2,(H,30,32). The van der Waals surface area contributed by atoms with E-state index < -0.39 is 40.5 Å². The third-order valence-corrected chi connectivity index (χ3v) is 6.68. The van der Waals surface area contributed by atoms with Gasteiger partial charge in [0.15, 0.2) is 5.78 Å². The number of hydrogen-bond donors (Lipinski definition) is 1. The summed E-state index contributed by atoms with van der Waals surface area (Å²) < 4.78 is 35.6. The van der Waals surface area contributed by atoms with E-state index in [4.69, 9.17) is 58.0 Å². The zero-order valence-electron chi connectivity index (χ0n) is 16.1. The van der Waals surface area contributed by atoms with Gasteiger partial charge in [-0.15, -0.1) is 23.2 Å². The third-order valence-electron chi connectivity index (χ3n) is 4.98. The summed E-state index contributed by atoms with van der Waals surface area (Å²) in [6.07, 6.45) is -6.11. The lowest BCUT2D eigenvalue weighted by molar-refractivity contribution is -0.135. The molecule has 3 rings (SSSR count). The number of rotatable bonds is 7. The van der Waals surface area contributed by atoms with Crippen molar-refractivity contribution in [2.75, 3.05) is 5.32 Å². The van der Waals surface area contributed by atoms with Crippen molar-refractivity contribution in [2.24, 2.45) is 5.92 Å². The molecule has 1 saturated carbocycles. The van der Waals surface area contributed by atoms with Crippen LogP contribution in [0.25, 0.3) is 0 Å². The molecule has 0 bridgehead atoms. The quantitative estimate of drug-likeness (QED) is 0.281. The van der Waals surface area contributed by atoms with Crippen molar-refractivity contribution in [2.45, 2.75) is 35.7 Å². The first-order valence-corrected chi connectivity index (χ1v) is 11.2. The van der Waals surface area contributed by atoms with E-state index in [1.165, 1.54) is 24.3 Å². The van der Waals surface area contributed by atoms with Crippen molar-refractivity contribution in [3.63, 3.8) is 0 Å². The topological polar surface area (TPSA) is 46.2 Å². The Labute approximate surface area is 207 Å². The highest BCUT2D eigenvalue weighted by molar-refractivity contribution is 6.53. The van der Waals surface area contributed by atoms with Gasteiger partial charge in [-0.1, -0.05) is 34.8 Å². The molecule has 32 heavy (non-hydrogen) atoms. The smallest absolute Gasteiger partial charge is 0.326 e. The molecule has 2 aromatic rings. The molecule has 3 nitrogen and oxygen atoms in total. The molecule has 11 heteroatoms. The van der Waals surface area contributed by atoms with E-state index in [0.29, 0.717) is 15.6 Å². The van der Waals surface area contributed by atoms with Gasteiger partial charge in [0.2, 0.25) is 5.91 Å². The van der Waals surface area contributed by atoms with Crippen LogP contribution in [0.15, 0.2) is 36.4 Å². The zero-order valence-corrected chi connectivity index (χ0v) is 19.9. The fourth-order valence-corrected chi connectivity index (χ4v) is 5.04. The van der Waals surface area contributed by atoms with Crippen molar-refractivity contribution >= 4 is 75.4 Å². The van der Waals surface area contributed by atoms with Crippen LogP contribution in [-0.2, 0) is 4.79 Å². The average Bonchev–Trinajstić information content (AvgIpc) is 3.23. The Kier molecular flexibility index (Phi) is 7.63. The van der Waals surface area contributed by atoms with E-state index in [0.717, 1.165) is 0 Å². The molecule has 0 aliphatic heterocycles. The molecule has 0 spiro atoms. The van der Waals surface area contributed by atoms with Crippen LogP contribution < -0.4 is 5.32 Å². The molecule has 0 heterocycles. The molecule has 2 aromatic carbocycles. The lowest BCUT2D eigenvalue weighted by Crippen LogP contribution is -2.17. The number of Topliss-reactive ketones (excluding diaryl/α,β-unsaturated/α-hetero) is 1. The molecular weight excluding hydrogens is 532 g/mol. The maximum atomic E-state index is 12.8. The normalized spacial score (nSPS) is 19.5. The summed E-state index contributed by atoms with van der Waals surface area (Å²) in [7, 11) is 0. The van der Waals surface area contributed by atoms with Gasteiger partial charge in [-0.25, -0.2) is 0 Å². The van der Waals surface area contributed by atoms with Crippen LogP contribution in [-0.4, -0.2) is 22.2 Å². The number of nitrogens with one attached hydrogen (secondary N) is 1. The van der Waals surface area contributed by atoms with Crippen LogP contribution >= 0.6 is 58.0 Å². The van der Waals surface area contributed by atoms with Gasteiger partial charge < -0.3 is 5.32 Å². The SMILES string of the molecule is O=C(CCCC(F)(F)F)c1cc(NC(=O)C2C(c3cc(Cl)cc(Cl)c3)C2(Cl)Cl)ccc1Cl. The van der Waals surface area contributed by atoms with Gasteiger partial charge >= 0.3 is 6.18 Å².